The zero-order valence-corrected chi connectivity index (χ0v) is 7.13. The van der Waals surface area contributed by atoms with Crippen molar-refractivity contribution in [2.75, 3.05) is 0 Å². The van der Waals surface area contributed by atoms with Gasteiger partial charge in [0.2, 0.25) is 0 Å². The van der Waals surface area contributed by atoms with Gasteiger partial charge in [0.25, 0.3) is 0 Å². The summed E-state index contributed by atoms with van der Waals surface area (Å²) in [5, 5.41) is 0. The molecule has 0 spiro atoms. The van der Waals surface area contributed by atoms with Crippen LogP contribution in [0.5, 0.6) is 0 Å². The second-order valence-electron chi connectivity index (χ2n) is 2.95. The molecule has 0 unspecified atom stereocenters. The van der Waals surface area contributed by atoms with Crippen molar-refractivity contribution in [1.82, 2.24) is 0 Å². The Bertz CT molecular complexity index is 46.5. The van der Waals surface area contributed by atoms with E-state index < -0.39 is 8.07 Å². The maximum Gasteiger partial charge on any atom is 0.0453 e. The monoisotopic (exact) mass is 133 g/mol. The van der Waals surface area contributed by atoms with Gasteiger partial charge in [-0.2, -0.15) is 12.6 Å². The third kappa shape index (κ3) is 6.57. The topological polar surface area (TPSA) is 0 Å². The van der Waals surface area contributed by atoms with Crippen LogP contribution >= 0.6 is 12.6 Å². The maximum atomic E-state index is 4.02. The SMILES string of the molecule is C[Si](C)(C)C[CH]S. The summed E-state index contributed by atoms with van der Waals surface area (Å²) in [5.41, 5.74) is 0. The molecule has 0 aliphatic heterocycles. The van der Waals surface area contributed by atoms with E-state index in [1.807, 2.05) is 5.75 Å². The Kier molecular flexibility index (Phi) is 3.00. The molecule has 43 valence electrons. The van der Waals surface area contributed by atoms with Crippen LogP contribution in [0.3, 0.4) is 0 Å². The van der Waals surface area contributed by atoms with Crippen LogP contribution < -0.4 is 0 Å². The Hall–Kier alpha value is 0.567. The normalized spacial score (nSPS) is 12.0. The van der Waals surface area contributed by atoms with Crippen LogP contribution in [0.1, 0.15) is 0 Å². The van der Waals surface area contributed by atoms with Gasteiger partial charge < -0.3 is 0 Å². The van der Waals surface area contributed by atoms with Crippen molar-refractivity contribution in [2.45, 2.75) is 25.7 Å². The first-order valence-electron chi connectivity index (χ1n) is 2.52. The highest BCUT2D eigenvalue weighted by molar-refractivity contribution is 7.82. The molecule has 0 aliphatic carbocycles. The number of hydrogen-bond donors (Lipinski definition) is 1. The summed E-state index contributed by atoms with van der Waals surface area (Å²) < 4.78 is 0. The van der Waals surface area contributed by atoms with Crippen molar-refractivity contribution in [3.63, 3.8) is 0 Å². The smallest absolute Gasteiger partial charge is 0.0453 e. The fourth-order valence-corrected chi connectivity index (χ4v) is 2.46. The lowest BCUT2D eigenvalue weighted by molar-refractivity contribution is 1.50. The molecule has 7 heavy (non-hydrogen) atoms. The molecule has 0 bridgehead atoms. The molecular formula is C5H13SSi. The van der Waals surface area contributed by atoms with Crippen molar-refractivity contribution in [3.05, 3.63) is 5.75 Å². The lowest BCUT2D eigenvalue weighted by Gasteiger charge is -2.11. The molecular weight excluding hydrogens is 120 g/mol. The largest absolute Gasteiger partial charge is 0.175 e. The summed E-state index contributed by atoms with van der Waals surface area (Å²) in [5.74, 6) is 1.96. The van der Waals surface area contributed by atoms with Gasteiger partial charge >= 0.3 is 0 Å². The Morgan fingerprint density at radius 3 is 1.86 bits per heavy atom. The maximum absolute atomic E-state index is 4.02. The summed E-state index contributed by atoms with van der Waals surface area (Å²) in [4.78, 5) is 0. The van der Waals surface area contributed by atoms with Crippen molar-refractivity contribution in [1.29, 1.82) is 0 Å². The molecule has 0 aromatic heterocycles. The third-order valence-corrected chi connectivity index (χ3v) is 2.66. The van der Waals surface area contributed by atoms with Crippen LogP contribution in [0.25, 0.3) is 0 Å². The summed E-state index contributed by atoms with van der Waals surface area (Å²) in [6.07, 6.45) is 0. The van der Waals surface area contributed by atoms with Gasteiger partial charge in [0.15, 0.2) is 0 Å². The van der Waals surface area contributed by atoms with Gasteiger partial charge in [-0.1, -0.05) is 19.6 Å². The molecule has 0 aromatic carbocycles. The lowest BCUT2D eigenvalue weighted by Crippen LogP contribution is -2.17. The Morgan fingerprint density at radius 1 is 1.43 bits per heavy atom. The molecule has 0 rings (SSSR count). The van der Waals surface area contributed by atoms with E-state index in [4.69, 9.17) is 0 Å². The van der Waals surface area contributed by atoms with Crippen molar-refractivity contribution in [3.8, 4) is 0 Å². The van der Waals surface area contributed by atoms with E-state index >= 15 is 0 Å². The van der Waals surface area contributed by atoms with Crippen molar-refractivity contribution in [2.24, 2.45) is 0 Å². The molecule has 0 saturated heterocycles. The molecule has 0 nitrogen and oxygen atoms in total. The third-order valence-electron chi connectivity index (χ3n) is 0.704. The minimum atomic E-state index is -0.789. The van der Waals surface area contributed by atoms with Gasteiger partial charge in [0.1, 0.15) is 0 Å². The highest BCUT2D eigenvalue weighted by Gasteiger charge is 2.09. The molecule has 0 saturated carbocycles. The minimum absolute atomic E-state index is 0.789. The minimum Gasteiger partial charge on any atom is -0.175 e. The van der Waals surface area contributed by atoms with E-state index in [9.17, 15) is 0 Å². The van der Waals surface area contributed by atoms with Crippen LogP contribution in [0.4, 0.5) is 0 Å². The Balaban J connectivity index is 3.15. The molecule has 0 heterocycles. The van der Waals surface area contributed by atoms with Gasteiger partial charge in [-0.3, -0.25) is 0 Å². The highest BCUT2D eigenvalue weighted by atomic mass is 32.1. The van der Waals surface area contributed by atoms with Crippen molar-refractivity contribution < 1.29 is 0 Å². The van der Waals surface area contributed by atoms with Gasteiger partial charge in [0.05, 0.1) is 0 Å². The average Bonchev–Trinajstić information content (AvgIpc) is 1.30. The molecule has 0 aliphatic rings. The predicted octanol–water partition coefficient (Wildman–Crippen LogP) is 2.42. The van der Waals surface area contributed by atoms with E-state index in [1.54, 1.807) is 0 Å². The van der Waals surface area contributed by atoms with Crippen LogP contribution in [-0.4, -0.2) is 8.07 Å². The standard InChI is InChI=1S/C5H13SSi/c1-7(2,3)5-4-6/h4,6H,5H2,1-3H3. The van der Waals surface area contributed by atoms with Gasteiger partial charge in [0, 0.05) is 13.8 Å². The van der Waals surface area contributed by atoms with E-state index in [-0.39, 0.29) is 0 Å². The van der Waals surface area contributed by atoms with Gasteiger partial charge in [-0.15, -0.1) is 0 Å². The zero-order chi connectivity index (χ0) is 5.91. The van der Waals surface area contributed by atoms with Crippen LogP contribution in [0, 0.1) is 5.75 Å². The van der Waals surface area contributed by atoms with E-state index in [2.05, 4.69) is 32.3 Å². The summed E-state index contributed by atoms with van der Waals surface area (Å²) in [6, 6.07) is 1.22. The number of hydrogen-bond acceptors (Lipinski definition) is 1. The molecule has 0 amide bonds. The number of thiol groups is 1. The summed E-state index contributed by atoms with van der Waals surface area (Å²) in [6.45, 7) is 7.00. The molecule has 2 heteroatoms. The molecule has 0 N–H and O–H groups in total. The van der Waals surface area contributed by atoms with Gasteiger partial charge in [-0.25, -0.2) is 0 Å². The first-order chi connectivity index (χ1) is 3.06. The van der Waals surface area contributed by atoms with E-state index in [1.165, 1.54) is 6.04 Å². The zero-order valence-electron chi connectivity index (χ0n) is 5.23. The predicted molar refractivity (Wildman–Crippen MR) is 41.4 cm³/mol. The first kappa shape index (κ1) is 7.57. The lowest BCUT2D eigenvalue weighted by atomic mass is 11.0. The Morgan fingerprint density at radius 2 is 1.86 bits per heavy atom. The molecule has 0 atom stereocenters. The second kappa shape index (κ2) is 2.77. The van der Waals surface area contributed by atoms with Crippen molar-refractivity contribution >= 4 is 20.7 Å². The van der Waals surface area contributed by atoms with Crippen LogP contribution in [-0.2, 0) is 0 Å². The molecule has 0 fully saturated rings. The molecule has 1 radical (unpaired) electrons. The highest BCUT2D eigenvalue weighted by Crippen LogP contribution is 2.10. The first-order valence-corrected chi connectivity index (χ1v) is 6.74. The summed E-state index contributed by atoms with van der Waals surface area (Å²) >= 11 is 4.02. The van der Waals surface area contributed by atoms with E-state index in [0.717, 1.165) is 0 Å². The van der Waals surface area contributed by atoms with Crippen LogP contribution in [0.2, 0.25) is 25.7 Å². The molecule has 0 aromatic rings. The number of rotatable bonds is 2. The summed E-state index contributed by atoms with van der Waals surface area (Å²) in [7, 11) is -0.789. The second-order valence-corrected chi connectivity index (χ2v) is 8.84. The van der Waals surface area contributed by atoms with Gasteiger partial charge in [-0.05, 0) is 6.04 Å². The van der Waals surface area contributed by atoms with Crippen LogP contribution in [0.15, 0.2) is 0 Å². The van der Waals surface area contributed by atoms with E-state index in [0.29, 0.717) is 0 Å². The average molecular weight is 133 g/mol. The Labute approximate surface area is 52.7 Å². The fourth-order valence-electron chi connectivity index (χ4n) is 0.274. The quantitative estimate of drug-likeness (QED) is 0.434. The fraction of sp³-hybridized carbons (Fsp3) is 0.800.